The van der Waals surface area contributed by atoms with Gasteiger partial charge in [0.05, 0.1) is 12.1 Å². The molecule has 6 nitrogen and oxygen atoms in total. The van der Waals surface area contributed by atoms with E-state index in [2.05, 4.69) is 50.0 Å². The molecule has 0 bridgehead atoms. The number of hydrogen-bond donors (Lipinski definition) is 0. The first-order valence-electron chi connectivity index (χ1n) is 12.8. The number of nitrogens with zero attached hydrogens (tertiary/aromatic N) is 3. The number of rotatable bonds is 9. The minimum atomic E-state index is -0.819. The van der Waals surface area contributed by atoms with E-state index < -0.39 is 6.29 Å². The molecule has 6 heteroatoms. The van der Waals surface area contributed by atoms with Crippen molar-refractivity contribution in [3.8, 4) is 0 Å². The van der Waals surface area contributed by atoms with Crippen molar-refractivity contribution >= 4 is 23.5 Å². The molecular weight excluding hydrogens is 462 g/mol. The molecule has 3 rings (SSSR count). The number of aliphatic imine (C=N–C) groups is 1. The first kappa shape index (κ1) is 27.9. The van der Waals surface area contributed by atoms with Gasteiger partial charge >= 0.3 is 5.97 Å². The van der Waals surface area contributed by atoms with Crippen molar-refractivity contribution in [1.82, 2.24) is 9.78 Å². The van der Waals surface area contributed by atoms with Crippen LogP contribution in [0.5, 0.6) is 0 Å². The third kappa shape index (κ3) is 6.97. The zero-order valence-electron chi connectivity index (χ0n) is 23.3. The van der Waals surface area contributed by atoms with E-state index in [1.807, 2.05) is 55.8 Å². The highest BCUT2D eigenvalue weighted by atomic mass is 16.7. The van der Waals surface area contributed by atoms with Gasteiger partial charge in [0.2, 0.25) is 6.29 Å². The fourth-order valence-corrected chi connectivity index (χ4v) is 4.16. The number of carbonyl (C=O) groups is 1. The van der Waals surface area contributed by atoms with E-state index in [9.17, 15) is 4.79 Å². The van der Waals surface area contributed by atoms with Crippen molar-refractivity contribution < 1.29 is 14.3 Å². The van der Waals surface area contributed by atoms with Gasteiger partial charge in [-0.05, 0) is 42.9 Å². The first-order valence-corrected chi connectivity index (χ1v) is 12.8. The molecule has 196 valence electrons. The van der Waals surface area contributed by atoms with Gasteiger partial charge in [-0.25, -0.2) is 0 Å². The Morgan fingerprint density at radius 3 is 2.27 bits per heavy atom. The van der Waals surface area contributed by atoms with Crippen LogP contribution in [-0.4, -0.2) is 35.3 Å². The zero-order valence-corrected chi connectivity index (χ0v) is 23.3. The third-order valence-electron chi connectivity index (χ3n) is 6.28. The highest BCUT2D eigenvalue weighted by Crippen LogP contribution is 2.32. The van der Waals surface area contributed by atoms with Gasteiger partial charge in [0, 0.05) is 37.9 Å². The van der Waals surface area contributed by atoms with Gasteiger partial charge in [-0.3, -0.25) is 14.5 Å². The van der Waals surface area contributed by atoms with Crippen molar-refractivity contribution in [1.29, 1.82) is 0 Å². The van der Waals surface area contributed by atoms with E-state index in [0.717, 1.165) is 33.7 Å². The fourth-order valence-electron chi connectivity index (χ4n) is 4.16. The van der Waals surface area contributed by atoms with E-state index in [1.54, 1.807) is 20.2 Å². The summed E-state index contributed by atoms with van der Waals surface area (Å²) >= 11 is 0. The second kappa shape index (κ2) is 12.0. The van der Waals surface area contributed by atoms with Crippen LogP contribution < -0.4 is 0 Å². The molecule has 0 aliphatic heterocycles. The Bertz CT molecular complexity index is 1260. The van der Waals surface area contributed by atoms with Crippen LogP contribution in [0.25, 0.3) is 11.3 Å². The van der Waals surface area contributed by atoms with Gasteiger partial charge in [0.25, 0.3) is 0 Å². The summed E-state index contributed by atoms with van der Waals surface area (Å²) in [7, 11) is 1.74. The summed E-state index contributed by atoms with van der Waals surface area (Å²) in [5.74, 6) is 0.226. The average Bonchev–Trinajstić information content (AvgIpc) is 3.14. The highest BCUT2D eigenvalue weighted by molar-refractivity contribution is 6.18. The summed E-state index contributed by atoms with van der Waals surface area (Å²) in [6, 6.07) is 18.0. The maximum Gasteiger partial charge on any atom is 0.313 e. The van der Waals surface area contributed by atoms with Gasteiger partial charge in [0.15, 0.2) is 5.76 Å². The minimum absolute atomic E-state index is 0.0383. The Kier molecular flexibility index (Phi) is 9.09. The maximum absolute atomic E-state index is 12.7. The monoisotopic (exact) mass is 501 g/mol. The number of aryl methyl sites for hydroxylation is 2. The van der Waals surface area contributed by atoms with Crippen LogP contribution in [0.2, 0.25) is 0 Å². The molecule has 0 spiro atoms. The van der Waals surface area contributed by atoms with Crippen molar-refractivity contribution in [2.75, 3.05) is 7.05 Å². The summed E-state index contributed by atoms with van der Waals surface area (Å²) in [5, 5.41) is 4.71. The van der Waals surface area contributed by atoms with Crippen LogP contribution in [0.3, 0.4) is 0 Å². The molecular formula is C31H39N3O3. The second-order valence-electron chi connectivity index (χ2n) is 10.2. The average molecular weight is 502 g/mol. The van der Waals surface area contributed by atoms with Crippen molar-refractivity contribution in [2.45, 2.75) is 73.1 Å². The summed E-state index contributed by atoms with van der Waals surface area (Å²) in [4.78, 5) is 17.0. The molecule has 1 atom stereocenters. The molecule has 0 radical (unpaired) electrons. The number of hydrogen-bond acceptors (Lipinski definition) is 5. The predicted octanol–water partition coefficient (Wildman–Crippen LogP) is 6.53. The lowest BCUT2D eigenvalue weighted by Gasteiger charge is -2.22. The zero-order chi connectivity index (χ0) is 27.2. The molecule has 0 saturated heterocycles. The van der Waals surface area contributed by atoms with Crippen molar-refractivity contribution in [2.24, 2.45) is 4.99 Å². The molecule has 1 heterocycles. The summed E-state index contributed by atoms with van der Waals surface area (Å²) in [6.45, 7) is 15.0. The van der Waals surface area contributed by atoms with Crippen LogP contribution in [0.1, 0.15) is 68.3 Å². The summed E-state index contributed by atoms with van der Waals surface area (Å²) in [6.07, 6.45) is 1.15. The van der Waals surface area contributed by atoms with E-state index in [1.165, 1.54) is 5.56 Å². The lowest BCUT2D eigenvalue weighted by Crippen LogP contribution is -2.21. The molecule has 0 saturated carbocycles. The smallest absolute Gasteiger partial charge is 0.313 e. The normalized spacial score (nSPS) is 13.4. The quantitative estimate of drug-likeness (QED) is 0.145. The van der Waals surface area contributed by atoms with Crippen LogP contribution in [0, 0.1) is 13.8 Å². The van der Waals surface area contributed by atoms with Crippen LogP contribution >= 0.6 is 0 Å². The Morgan fingerprint density at radius 2 is 1.70 bits per heavy atom. The molecule has 0 N–H and O–H groups in total. The summed E-state index contributed by atoms with van der Waals surface area (Å²) < 4.78 is 14.0. The molecule has 0 aliphatic carbocycles. The van der Waals surface area contributed by atoms with Gasteiger partial charge < -0.3 is 9.47 Å². The minimum Gasteiger partial charge on any atom is -0.452 e. The Balaban J connectivity index is 2.05. The van der Waals surface area contributed by atoms with Crippen molar-refractivity contribution in [3.63, 3.8) is 0 Å². The topological polar surface area (TPSA) is 65.7 Å². The molecule has 3 aromatic rings. The fraction of sp³-hybridized carbons (Fsp3) is 0.387. The second-order valence-corrected chi connectivity index (χ2v) is 10.2. The van der Waals surface area contributed by atoms with Crippen LogP contribution in [0.15, 0.2) is 59.6 Å². The SMILES string of the molecule is CCn1nc(C)c(C)c1/C(OC(C)OC(=O)Cc1ccccc1)=C(\C=N/C)c1ccc(C(C)(C)C)cc1. The first-order chi connectivity index (χ1) is 17.5. The lowest BCUT2D eigenvalue weighted by molar-refractivity contribution is -0.163. The molecule has 37 heavy (non-hydrogen) atoms. The molecule has 1 aromatic heterocycles. The number of allylic oxidation sites excluding steroid dienone is 1. The van der Waals surface area contributed by atoms with Gasteiger partial charge in [-0.2, -0.15) is 5.10 Å². The number of aromatic nitrogens is 2. The number of carbonyl (C=O) groups excluding carboxylic acids is 1. The Hall–Kier alpha value is -3.67. The van der Waals surface area contributed by atoms with Crippen LogP contribution in [0.4, 0.5) is 0 Å². The van der Waals surface area contributed by atoms with E-state index in [0.29, 0.717) is 12.3 Å². The lowest BCUT2D eigenvalue weighted by atomic mass is 9.86. The van der Waals surface area contributed by atoms with Gasteiger partial charge in [-0.15, -0.1) is 0 Å². The largest absolute Gasteiger partial charge is 0.452 e. The van der Waals surface area contributed by atoms with Crippen molar-refractivity contribution in [3.05, 3.63) is 88.2 Å². The Morgan fingerprint density at radius 1 is 1.05 bits per heavy atom. The van der Waals surface area contributed by atoms with E-state index in [-0.39, 0.29) is 17.8 Å². The predicted molar refractivity (Wildman–Crippen MR) is 151 cm³/mol. The molecule has 0 aliphatic rings. The molecule has 0 fully saturated rings. The molecule has 1 unspecified atom stereocenters. The standard InChI is InChI=1S/C31H39N3O3/c1-9-34-29(21(2)22(3)33-34)30(37-23(4)36-28(35)19-24-13-11-10-12-14-24)27(20-32-8)25-15-17-26(18-16-25)31(5,6)7/h10-18,20,23H,9,19H2,1-8H3/b30-27-,32-20-. The third-order valence-corrected chi connectivity index (χ3v) is 6.28. The molecule has 0 amide bonds. The summed E-state index contributed by atoms with van der Waals surface area (Å²) in [5.41, 5.74) is 6.70. The molecule has 2 aromatic carbocycles. The number of benzene rings is 2. The maximum atomic E-state index is 12.7. The highest BCUT2D eigenvalue weighted by Gasteiger charge is 2.24. The van der Waals surface area contributed by atoms with E-state index >= 15 is 0 Å². The number of esters is 1. The number of ether oxygens (including phenoxy) is 2. The van der Waals surface area contributed by atoms with Crippen LogP contribution in [-0.2, 0) is 32.6 Å². The Labute approximate surface area is 221 Å². The van der Waals surface area contributed by atoms with E-state index in [4.69, 9.17) is 14.6 Å². The van der Waals surface area contributed by atoms with Gasteiger partial charge in [0.1, 0.15) is 5.69 Å². The van der Waals surface area contributed by atoms with Gasteiger partial charge in [-0.1, -0.05) is 75.4 Å².